The van der Waals surface area contributed by atoms with Crippen LogP contribution in [0.2, 0.25) is 6.32 Å². The number of hydrogen-bond donors (Lipinski definition) is 2. The number of phenolic OH excluding ortho intramolecular Hbond substituents is 1. The summed E-state index contributed by atoms with van der Waals surface area (Å²) < 4.78 is 37.8. The fraction of sp³-hybridized carbons (Fsp3) is 0.310. The Bertz CT molecular complexity index is 1450. The zero-order valence-corrected chi connectivity index (χ0v) is 21.7. The number of sulfone groups is 1. The molecule has 3 aromatic carbocycles. The van der Waals surface area contributed by atoms with E-state index in [0.717, 1.165) is 33.9 Å². The smallest absolute Gasteiger partial charge is 0.456 e. The average molecular weight is 518 g/mol. The van der Waals surface area contributed by atoms with Gasteiger partial charge in [-0.2, -0.15) is 0 Å². The van der Waals surface area contributed by atoms with E-state index in [1.807, 2.05) is 60.7 Å². The molecule has 8 heteroatoms. The molecule has 0 spiro atoms. The maximum atomic E-state index is 13.0. The lowest BCUT2D eigenvalue weighted by molar-refractivity contribution is 0.168. The minimum atomic E-state index is -3.42. The number of benzene rings is 3. The van der Waals surface area contributed by atoms with E-state index in [4.69, 9.17) is 9.39 Å². The van der Waals surface area contributed by atoms with Crippen molar-refractivity contribution in [1.82, 2.24) is 0 Å². The molecule has 0 aromatic heterocycles. The minimum absolute atomic E-state index is 0.0545. The van der Waals surface area contributed by atoms with Gasteiger partial charge in [-0.1, -0.05) is 67.1 Å². The molecule has 2 heterocycles. The Morgan fingerprint density at radius 1 is 1.08 bits per heavy atom. The predicted octanol–water partition coefficient (Wildman–Crippen LogP) is 5.17. The Labute approximate surface area is 218 Å². The van der Waals surface area contributed by atoms with E-state index in [-0.39, 0.29) is 24.4 Å². The molecule has 3 aromatic rings. The average Bonchev–Trinajstić information content (AvgIpc) is 3.16. The van der Waals surface area contributed by atoms with E-state index in [1.165, 1.54) is 5.57 Å². The number of allylic oxidation sites excluding steroid dienone is 1. The Hall–Kier alpha value is -3.07. The minimum Gasteiger partial charge on any atom is -0.507 e. The van der Waals surface area contributed by atoms with Gasteiger partial charge in [0.1, 0.15) is 18.1 Å². The van der Waals surface area contributed by atoms with E-state index in [1.54, 1.807) is 6.07 Å². The highest BCUT2D eigenvalue weighted by Gasteiger charge is 2.48. The first kappa shape index (κ1) is 25.6. The van der Waals surface area contributed by atoms with Gasteiger partial charge in [-0.05, 0) is 59.6 Å². The van der Waals surface area contributed by atoms with Crippen molar-refractivity contribution in [3.05, 3.63) is 89.0 Å². The summed E-state index contributed by atoms with van der Waals surface area (Å²) in [6.07, 6.45) is 3.76. The van der Waals surface area contributed by atoms with Gasteiger partial charge in [0.05, 0.1) is 17.1 Å². The Balaban J connectivity index is 1.39. The Morgan fingerprint density at radius 3 is 2.57 bits per heavy atom. The number of rotatable bonds is 8. The number of para-hydroxylation sites is 1. The van der Waals surface area contributed by atoms with Crippen molar-refractivity contribution in [2.75, 3.05) is 12.4 Å². The van der Waals surface area contributed by atoms with Gasteiger partial charge in [-0.25, -0.2) is 8.42 Å². The molecule has 0 bridgehead atoms. The molecular weight excluding hydrogens is 487 g/mol. The summed E-state index contributed by atoms with van der Waals surface area (Å²) in [7, 11) is -4.53. The molecule has 0 amide bonds. The first-order valence-electron chi connectivity index (χ1n) is 12.7. The summed E-state index contributed by atoms with van der Waals surface area (Å²) >= 11 is 0. The molecule has 2 aliphatic heterocycles. The fourth-order valence-corrected chi connectivity index (χ4v) is 7.51. The quantitative estimate of drug-likeness (QED) is 0.316. The number of hydrogen-bond acceptors (Lipinski definition) is 6. The van der Waals surface area contributed by atoms with E-state index in [9.17, 15) is 18.5 Å². The van der Waals surface area contributed by atoms with Crippen LogP contribution >= 0.6 is 0 Å². The highest BCUT2D eigenvalue weighted by molar-refractivity contribution is 7.92. The van der Waals surface area contributed by atoms with Crippen molar-refractivity contribution in [2.45, 2.75) is 43.9 Å². The standard InChI is InChI=1S/C29H31BO6S/c1-2-20(16-21-13-14-26(31)25-11-7-6-10-24(21)25)12-15-27-29-22(18-35-23-8-4-3-5-9-23)19-37(33,34)28(29)17-30(32)36-27/h3-11,13-14,16,27-28,31-32H,2,12,15,17-19H2,1H3/b20-16+/t27-,28+/m1/s1. The monoisotopic (exact) mass is 518 g/mol. The number of ether oxygens (including phenoxy) is 1. The zero-order valence-electron chi connectivity index (χ0n) is 20.8. The van der Waals surface area contributed by atoms with Crippen LogP contribution in [0.3, 0.4) is 0 Å². The lowest BCUT2D eigenvalue weighted by atomic mass is 9.74. The lowest BCUT2D eigenvalue weighted by Crippen LogP contribution is -2.42. The van der Waals surface area contributed by atoms with Gasteiger partial charge in [0, 0.05) is 11.7 Å². The summed E-state index contributed by atoms with van der Waals surface area (Å²) in [5, 5.41) is 21.7. The third-order valence-electron chi connectivity index (χ3n) is 7.28. The summed E-state index contributed by atoms with van der Waals surface area (Å²) in [6, 6.07) is 20.7. The highest BCUT2D eigenvalue weighted by atomic mass is 32.2. The second kappa shape index (κ2) is 10.7. The largest absolute Gasteiger partial charge is 0.507 e. The van der Waals surface area contributed by atoms with Gasteiger partial charge in [-0.15, -0.1) is 0 Å². The van der Waals surface area contributed by atoms with Gasteiger partial charge in [0.2, 0.25) is 0 Å². The molecular formula is C29H31BO6S. The van der Waals surface area contributed by atoms with Crippen LogP contribution < -0.4 is 4.74 Å². The van der Waals surface area contributed by atoms with Crippen molar-refractivity contribution in [3.8, 4) is 11.5 Å². The van der Waals surface area contributed by atoms with Gasteiger partial charge in [-0.3, -0.25) is 0 Å². The lowest BCUT2D eigenvalue weighted by Gasteiger charge is -2.32. The van der Waals surface area contributed by atoms with Gasteiger partial charge in [0.25, 0.3) is 0 Å². The topological polar surface area (TPSA) is 93.1 Å². The number of phenols is 1. The second-order valence-corrected chi connectivity index (χ2v) is 11.9. The van der Waals surface area contributed by atoms with Crippen molar-refractivity contribution in [3.63, 3.8) is 0 Å². The maximum Gasteiger partial charge on any atom is 0.456 e. The molecule has 0 saturated carbocycles. The highest BCUT2D eigenvalue weighted by Crippen LogP contribution is 2.40. The molecule has 5 rings (SSSR count). The van der Waals surface area contributed by atoms with Crippen LogP contribution in [0.25, 0.3) is 16.8 Å². The molecule has 0 unspecified atom stereocenters. The van der Waals surface area contributed by atoms with Crippen LogP contribution in [0.1, 0.15) is 31.7 Å². The molecule has 192 valence electrons. The number of aromatic hydroxyl groups is 1. The number of fused-ring (bicyclic) bond motifs is 2. The second-order valence-electron chi connectivity index (χ2n) is 9.69. The third kappa shape index (κ3) is 5.47. The first-order valence-corrected chi connectivity index (χ1v) is 14.4. The molecule has 2 aliphatic rings. The third-order valence-corrected chi connectivity index (χ3v) is 9.34. The summed E-state index contributed by atoms with van der Waals surface area (Å²) in [6.45, 7) is 2.27. The zero-order chi connectivity index (χ0) is 26.0. The van der Waals surface area contributed by atoms with Crippen LogP contribution in [-0.4, -0.2) is 49.4 Å². The SMILES string of the molecule is CC/C(=C\c1ccc(O)c2ccccc12)CC[C@H]1OB(O)C[C@H]2C1=C(COc1ccccc1)CS2(=O)=O. The molecule has 2 N–H and O–H groups in total. The van der Waals surface area contributed by atoms with Crippen molar-refractivity contribution >= 4 is 33.8 Å². The van der Waals surface area contributed by atoms with Crippen molar-refractivity contribution in [2.24, 2.45) is 0 Å². The molecule has 37 heavy (non-hydrogen) atoms. The van der Waals surface area contributed by atoms with E-state index in [2.05, 4.69) is 13.0 Å². The normalized spacial score (nSPS) is 21.4. The molecule has 1 fully saturated rings. The summed E-state index contributed by atoms with van der Waals surface area (Å²) in [5.74, 6) is 0.866. The maximum absolute atomic E-state index is 13.0. The molecule has 1 saturated heterocycles. The summed E-state index contributed by atoms with van der Waals surface area (Å²) in [4.78, 5) is 0. The molecule has 0 aliphatic carbocycles. The van der Waals surface area contributed by atoms with Crippen LogP contribution in [0, 0.1) is 0 Å². The van der Waals surface area contributed by atoms with E-state index >= 15 is 0 Å². The Morgan fingerprint density at radius 2 is 1.81 bits per heavy atom. The van der Waals surface area contributed by atoms with E-state index < -0.39 is 28.3 Å². The molecule has 6 nitrogen and oxygen atoms in total. The van der Waals surface area contributed by atoms with Crippen molar-refractivity contribution < 1.29 is 27.9 Å². The summed E-state index contributed by atoms with van der Waals surface area (Å²) in [5.41, 5.74) is 3.69. The van der Waals surface area contributed by atoms with Crippen molar-refractivity contribution in [1.29, 1.82) is 0 Å². The van der Waals surface area contributed by atoms with Gasteiger partial charge in [0.15, 0.2) is 9.84 Å². The molecule has 0 radical (unpaired) electrons. The van der Waals surface area contributed by atoms with Crippen LogP contribution in [-0.2, 0) is 14.5 Å². The van der Waals surface area contributed by atoms with Gasteiger partial charge >= 0.3 is 7.12 Å². The first-order chi connectivity index (χ1) is 17.9. The van der Waals surface area contributed by atoms with Crippen LogP contribution in [0.4, 0.5) is 0 Å². The predicted molar refractivity (Wildman–Crippen MR) is 147 cm³/mol. The van der Waals surface area contributed by atoms with Crippen LogP contribution in [0.5, 0.6) is 11.5 Å². The Kier molecular flexibility index (Phi) is 7.42. The van der Waals surface area contributed by atoms with Gasteiger partial charge < -0.3 is 19.5 Å². The molecule has 2 atom stereocenters. The van der Waals surface area contributed by atoms with E-state index in [0.29, 0.717) is 18.6 Å². The fourth-order valence-electron chi connectivity index (χ4n) is 5.41. The van der Waals surface area contributed by atoms with Crippen LogP contribution in [0.15, 0.2) is 83.4 Å².